The van der Waals surface area contributed by atoms with Gasteiger partial charge in [-0.1, -0.05) is 11.6 Å². The van der Waals surface area contributed by atoms with Gasteiger partial charge in [0.15, 0.2) is 0 Å². The Labute approximate surface area is 142 Å². The molecule has 1 aromatic heterocycles. The molecule has 2 rings (SSSR count). The molecule has 0 bridgehead atoms. The maximum atomic E-state index is 11.8. The summed E-state index contributed by atoms with van der Waals surface area (Å²) in [4.78, 5) is 22.6. The van der Waals surface area contributed by atoms with Crippen LogP contribution in [0.5, 0.6) is 0 Å². The SMILES string of the molecule is Cc1cc(Cl)nc(N2CCC[C@@H](CNC(=O)OC(C)(C)C)C2)n1. The predicted molar refractivity (Wildman–Crippen MR) is 91.0 cm³/mol. The van der Waals surface area contributed by atoms with E-state index >= 15 is 0 Å². The molecule has 1 aliphatic rings. The van der Waals surface area contributed by atoms with E-state index in [9.17, 15) is 4.79 Å². The number of carbonyl (C=O) groups is 1. The number of aromatic nitrogens is 2. The first kappa shape index (κ1) is 17.8. The fourth-order valence-electron chi connectivity index (χ4n) is 2.61. The van der Waals surface area contributed by atoms with Crippen LogP contribution in [0, 0.1) is 12.8 Å². The molecule has 128 valence electrons. The van der Waals surface area contributed by atoms with E-state index in [1.807, 2.05) is 27.7 Å². The minimum Gasteiger partial charge on any atom is -0.444 e. The molecular formula is C16H25ClN4O2. The van der Waals surface area contributed by atoms with Crippen LogP contribution in [0.2, 0.25) is 5.15 Å². The zero-order valence-electron chi connectivity index (χ0n) is 14.2. The summed E-state index contributed by atoms with van der Waals surface area (Å²) in [7, 11) is 0. The van der Waals surface area contributed by atoms with Gasteiger partial charge >= 0.3 is 6.09 Å². The summed E-state index contributed by atoms with van der Waals surface area (Å²) in [5.41, 5.74) is 0.378. The molecule has 0 aliphatic carbocycles. The monoisotopic (exact) mass is 340 g/mol. The van der Waals surface area contributed by atoms with Gasteiger partial charge in [-0.15, -0.1) is 0 Å². The fraction of sp³-hybridized carbons (Fsp3) is 0.688. The van der Waals surface area contributed by atoms with E-state index < -0.39 is 5.60 Å². The molecule has 0 aromatic carbocycles. The van der Waals surface area contributed by atoms with Crippen molar-refractivity contribution >= 4 is 23.6 Å². The second-order valence-corrected chi connectivity index (χ2v) is 7.36. The first-order valence-electron chi connectivity index (χ1n) is 7.96. The topological polar surface area (TPSA) is 67.4 Å². The summed E-state index contributed by atoms with van der Waals surface area (Å²) in [6.45, 7) is 9.76. The van der Waals surface area contributed by atoms with E-state index in [1.165, 1.54) is 0 Å². The highest BCUT2D eigenvalue weighted by atomic mass is 35.5. The number of piperidine rings is 1. The van der Waals surface area contributed by atoms with E-state index in [-0.39, 0.29) is 6.09 Å². The highest BCUT2D eigenvalue weighted by Gasteiger charge is 2.23. The van der Waals surface area contributed by atoms with Crippen molar-refractivity contribution in [2.75, 3.05) is 24.5 Å². The number of rotatable bonds is 3. The second-order valence-electron chi connectivity index (χ2n) is 6.97. The Morgan fingerprint density at radius 1 is 1.48 bits per heavy atom. The van der Waals surface area contributed by atoms with Crippen molar-refractivity contribution in [1.82, 2.24) is 15.3 Å². The Kier molecular flexibility index (Phi) is 5.68. The number of hydrogen-bond acceptors (Lipinski definition) is 5. The van der Waals surface area contributed by atoms with Gasteiger partial charge in [0.25, 0.3) is 0 Å². The van der Waals surface area contributed by atoms with Crippen LogP contribution in [0.4, 0.5) is 10.7 Å². The van der Waals surface area contributed by atoms with Crippen molar-refractivity contribution in [3.8, 4) is 0 Å². The zero-order valence-corrected chi connectivity index (χ0v) is 15.0. The number of amides is 1. The average Bonchev–Trinajstić information content (AvgIpc) is 2.43. The predicted octanol–water partition coefficient (Wildman–Crippen LogP) is 3.18. The highest BCUT2D eigenvalue weighted by molar-refractivity contribution is 6.29. The number of halogens is 1. The third-order valence-corrected chi connectivity index (χ3v) is 3.74. The van der Waals surface area contributed by atoms with E-state index in [0.717, 1.165) is 31.6 Å². The van der Waals surface area contributed by atoms with Gasteiger partial charge in [0.1, 0.15) is 10.8 Å². The Morgan fingerprint density at radius 2 is 2.22 bits per heavy atom. The molecule has 0 unspecified atom stereocenters. The number of nitrogens with zero attached hydrogens (tertiary/aromatic N) is 3. The number of anilines is 1. The molecule has 1 fully saturated rings. The quantitative estimate of drug-likeness (QED) is 0.856. The van der Waals surface area contributed by atoms with Crippen molar-refractivity contribution in [2.24, 2.45) is 5.92 Å². The molecule has 1 saturated heterocycles. The number of alkyl carbamates (subject to hydrolysis) is 1. The van der Waals surface area contributed by atoms with Gasteiger partial charge < -0.3 is 15.0 Å². The Bertz CT molecular complexity index is 539. The second kappa shape index (κ2) is 7.34. The number of nitrogens with one attached hydrogen (secondary N) is 1. The lowest BCUT2D eigenvalue weighted by Crippen LogP contribution is -2.42. The van der Waals surface area contributed by atoms with Crippen molar-refractivity contribution in [2.45, 2.75) is 46.1 Å². The molecule has 7 heteroatoms. The van der Waals surface area contributed by atoms with Crippen molar-refractivity contribution in [3.63, 3.8) is 0 Å². The minimum absolute atomic E-state index is 0.346. The normalized spacial score (nSPS) is 18.7. The molecule has 1 atom stereocenters. The smallest absolute Gasteiger partial charge is 0.407 e. The maximum Gasteiger partial charge on any atom is 0.407 e. The molecule has 0 saturated carbocycles. The molecule has 1 amide bonds. The Hall–Kier alpha value is -1.56. The van der Waals surface area contributed by atoms with Crippen LogP contribution < -0.4 is 10.2 Å². The number of aryl methyl sites for hydroxylation is 1. The van der Waals surface area contributed by atoms with Crippen molar-refractivity contribution in [3.05, 3.63) is 16.9 Å². The Balaban J connectivity index is 1.89. The van der Waals surface area contributed by atoms with Crippen molar-refractivity contribution < 1.29 is 9.53 Å². The van der Waals surface area contributed by atoms with Crippen molar-refractivity contribution in [1.29, 1.82) is 0 Å². The minimum atomic E-state index is -0.477. The largest absolute Gasteiger partial charge is 0.444 e. The summed E-state index contributed by atoms with van der Waals surface area (Å²) >= 11 is 6.02. The van der Waals surface area contributed by atoms with Gasteiger partial charge in [0.2, 0.25) is 5.95 Å². The van der Waals surface area contributed by atoms with E-state index in [0.29, 0.717) is 23.6 Å². The van der Waals surface area contributed by atoms with Gasteiger partial charge in [0.05, 0.1) is 0 Å². The van der Waals surface area contributed by atoms with Crippen LogP contribution in [-0.2, 0) is 4.74 Å². The molecule has 0 radical (unpaired) electrons. The first-order chi connectivity index (χ1) is 10.7. The molecular weight excluding hydrogens is 316 g/mol. The fourth-order valence-corrected chi connectivity index (χ4v) is 2.85. The van der Waals surface area contributed by atoms with E-state index in [1.54, 1.807) is 6.07 Å². The summed E-state index contributed by atoms with van der Waals surface area (Å²) < 4.78 is 5.27. The average molecular weight is 341 g/mol. The first-order valence-corrected chi connectivity index (χ1v) is 8.34. The van der Waals surface area contributed by atoms with Crippen LogP contribution in [0.15, 0.2) is 6.07 Å². The number of ether oxygens (including phenoxy) is 1. The molecule has 1 aliphatic heterocycles. The summed E-state index contributed by atoms with van der Waals surface area (Å²) in [6, 6.07) is 1.75. The highest BCUT2D eigenvalue weighted by Crippen LogP contribution is 2.21. The maximum absolute atomic E-state index is 11.8. The molecule has 1 aromatic rings. The lowest BCUT2D eigenvalue weighted by atomic mass is 9.98. The molecule has 0 spiro atoms. The van der Waals surface area contributed by atoms with Crippen LogP contribution in [0.1, 0.15) is 39.3 Å². The van der Waals surface area contributed by atoms with Gasteiger partial charge in [-0.3, -0.25) is 0 Å². The third kappa shape index (κ3) is 5.86. The van der Waals surface area contributed by atoms with Crippen LogP contribution in [0.3, 0.4) is 0 Å². The summed E-state index contributed by atoms with van der Waals surface area (Å²) in [6.07, 6.45) is 1.73. The molecule has 2 heterocycles. The lowest BCUT2D eigenvalue weighted by Gasteiger charge is -2.33. The summed E-state index contributed by atoms with van der Waals surface area (Å²) in [5.74, 6) is 1.01. The number of hydrogen-bond donors (Lipinski definition) is 1. The Morgan fingerprint density at radius 3 is 2.87 bits per heavy atom. The van der Waals surface area contributed by atoms with Crippen LogP contribution in [-0.4, -0.2) is 41.3 Å². The van der Waals surface area contributed by atoms with Crippen LogP contribution in [0.25, 0.3) is 0 Å². The molecule has 1 N–H and O–H groups in total. The van der Waals surface area contributed by atoms with Gasteiger partial charge in [-0.05, 0) is 52.5 Å². The third-order valence-electron chi connectivity index (χ3n) is 3.55. The van der Waals surface area contributed by atoms with E-state index in [2.05, 4.69) is 20.2 Å². The molecule has 23 heavy (non-hydrogen) atoms. The molecule has 6 nitrogen and oxygen atoms in total. The zero-order chi connectivity index (χ0) is 17.0. The number of carbonyl (C=O) groups excluding carboxylic acids is 1. The standard InChI is InChI=1S/C16H25ClN4O2/c1-11-8-13(17)20-14(19-11)21-7-5-6-12(10-21)9-18-15(22)23-16(2,3)4/h8,12H,5-7,9-10H2,1-4H3,(H,18,22)/t12-/m0/s1. The van der Waals surface area contributed by atoms with Gasteiger partial charge in [-0.2, -0.15) is 0 Å². The van der Waals surface area contributed by atoms with E-state index in [4.69, 9.17) is 16.3 Å². The van der Waals surface area contributed by atoms with Gasteiger partial charge in [0, 0.05) is 25.3 Å². The lowest BCUT2D eigenvalue weighted by molar-refractivity contribution is 0.0517. The van der Waals surface area contributed by atoms with Gasteiger partial charge in [-0.25, -0.2) is 14.8 Å². The summed E-state index contributed by atoms with van der Waals surface area (Å²) in [5, 5.41) is 3.31. The van der Waals surface area contributed by atoms with Crippen LogP contribution >= 0.6 is 11.6 Å².